The molecular weight excluding hydrogens is 356 g/mol. The normalized spacial score (nSPS) is 50.2. The summed E-state index contributed by atoms with van der Waals surface area (Å²) in [6.45, 7) is 5.65. The van der Waals surface area contributed by atoms with E-state index in [-0.39, 0.29) is 17.1 Å². The Labute approximate surface area is 167 Å². The third-order valence-electron chi connectivity index (χ3n) is 8.96. The van der Waals surface area contributed by atoms with Crippen LogP contribution in [0.15, 0.2) is 11.3 Å². The van der Waals surface area contributed by atoms with Crippen LogP contribution in [0.3, 0.4) is 0 Å². The zero-order valence-electron chi connectivity index (χ0n) is 17.1. The summed E-state index contributed by atoms with van der Waals surface area (Å²) in [7, 11) is 0. The summed E-state index contributed by atoms with van der Waals surface area (Å²) in [5, 5.41) is 32.1. The number of esters is 1. The van der Waals surface area contributed by atoms with Crippen molar-refractivity contribution >= 4 is 5.97 Å². The van der Waals surface area contributed by atoms with E-state index in [0.717, 1.165) is 37.7 Å². The van der Waals surface area contributed by atoms with E-state index in [1.807, 2.05) is 0 Å². The van der Waals surface area contributed by atoms with Crippen LogP contribution in [0.1, 0.15) is 65.7 Å². The van der Waals surface area contributed by atoms with E-state index in [0.29, 0.717) is 24.7 Å². The smallest absolute Gasteiger partial charge is 0.303 e. The lowest BCUT2D eigenvalue weighted by Crippen LogP contribution is -2.56. The third kappa shape index (κ3) is 2.37. The van der Waals surface area contributed by atoms with Gasteiger partial charge in [-0.25, -0.2) is 0 Å². The van der Waals surface area contributed by atoms with E-state index >= 15 is 0 Å². The molecule has 0 bridgehead atoms. The molecule has 0 spiro atoms. The highest BCUT2D eigenvalue weighted by Gasteiger charge is 2.68. The summed E-state index contributed by atoms with van der Waals surface area (Å²) >= 11 is 0. The lowest BCUT2D eigenvalue weighted by Gasteiger charge is -2.58. The second kappa shape index (κ2) is 6.24. The van der Waals surface area contributed by atoms with E-state index in [1.165, 1.54) is 6.92 Å². The van der Waals surface area contributed by atoms with Crippen molar-refractivity contribution in [1.29, 1.82) is 0 Å². The summed E-state index contributed by atoms with van der Waals surface area (Å²) in [5.41, 5.74) is -1.04. The molecule has 5 nitrogen and oxygen atoms in total. The Morgan fingerprint density at radius 2 is 1.93 bits per heavy atom. The molecule has 0 radical (unpaired) electrons. The van der Waals surface area contributed by atoms with Gasteiger partial charge < -0.3 is 20.1 Å². The molecule has 0 amide bonds. The van der Waals surface area contributed by atoms with Crippen LogP contribution in [0.4, 0.5) is 0 Å². The molecule has 0 aromatic carbocycles. The average molecular weight is 389 g/mol. The number of terminal acetylenes is 1. The minimum absolute atomic E-state index is 0.124. The molecule has 4 aliphatic rings. The van der Waals surface area contributed by atoms with Crippen LogP contribution in [0.2, 0.25) is 0 Å². The molecule has 3 fully saturated rings. The standard InChI is InChI=1S/C23H32O5/c1-5-23(27)19(28-13(2)24)12-17-14-6-7-16-20(26)18(25)9-10-21(16,3)15(14)8-11-22(17,23)4/h1,14-15,17-19,25-27H,6-12H2,2-4H3/t14-,15+,17+,18+,19-,21-,22+,23-/m1/s1. The molecule has 5 heteroatoms. The van der Waals surface area contributed by atoms with Gasteiger partial charge in [-0.05, 0) is 73.7 Å². The molecule has 154 valence electrons. The molecule has 4 rings (SSSR count). The van der Waals surface area contributed by atoms with Crippen molar-refractivity contribution in [1.82, 2.24) is 0 Å². The van der Waals surface area contributed by atoms with Crippen molar-refractivity contribution in [3.05, 3.63) is 11.3 Å². The molecule has 0 aromatic rings. The highest BCUT2D eigenvalue weighted by Crippen LogP contribution is 2.68. The molecule has 0 heterocycles. The van der Waals surface area contributed by atoms with Gasteiger partial charge in [0.2, 0.25) is 0 Å². The Hall–Kier alpha value is -1.51. The molecule has 3 N–H and O–H groups in total. The highest BCUT2D eigenvalue weighted by atomic mass is 16.6. The minimum atomic E-state index is -1.45. The van der Waals surface area contributed by atoms with Gasteiger partial charge in [-0.3, -0.25) is 4.79 Å². The van der Waals surface area contributed by atoms with Gasteiger partial charge in [-0.1, -0.05) is 19.8 Å². The monoisotopic (exact) mass is 388 g/mol. The number of aliphatic hydroxyl groups excluding tert-OH is 2. The van der Waals surface area contributed by atoms with E-state index in [4.69, 9.17) is 11.2 Å². The number of allylic oxidation sites excluding steroid dienone is 1. The topological polar surface area (TPSA) is 87.0 Å². The average Bonchev–Trinajstić information content (AvgIpc) is 2.86. The maximum atomic E-state index is 11.6. The maximum Gasteiger partial charge on any atom is 0.303 e. The van der Waals surface area contributed by atoms with Crippen molar-refractivity contribution < 1.29 is 24.9 Å². The van der Waals surface area contributed by atoms with Crippen molar-refractivity contribution in [3.63, 3.8) is 0 Å². The molecule has 0 aromatic heterocycles. The van der Waals surface area contributed by atoms with Crippen LogP contribution in [-0.4, -0.2) is 39.1 Å². The molecular formula is C23H32O5. The number of rotatable bonds is 1. The Balaban J connectivity index is 1.71. The lowest BCUT2D eigenvalue weighted by molar-refractivity contribution is -0.163. The summed E-state index contributed by atoms with van der Waals surface area (Å²) < 4.78 is 5.50. The van der Waals surface area contributed by atoms with Crippen LogP contribution in [0.25, 0.3) is 0 Å². The summed E-state index contributed by atoms with van der Waals surface area (Å²) in [4.78, 5) is 11.6. The van der Waals surface area contributed by atoms with Crippen molar-refractivity contribution in [2.75, 3.05) is 0 Å². The summed E-state index contributed by atoms with van der Waals surface area (Å²) in [6.07, 6.45) is 9.78. The van der Waals surface area contributed by atoms with Crippen LogP contribution in [-0.2, 0) is 9.53 Å². The fourth-order valence-corrected chi connectivity index (χ4v) is 7.42. The number of hydrogen-bond donors (Lipinski definition) is 3. The maximum absolute atomic E-state index is 11.6. The number of carbonyl (C=O) groups is 1. The van der Waals surface area contributed by atoms with Crippen LogP contribution < -0.4 is 0 Å². The van der Waals surface area contributed by atoms with Gasteiger partial charge in [0, 0.05) is 12.3 Å². The zero-order valence-corrected chi connectivity index (χ0v) is 17.1. The van der Waals surface area contributed by atoms with Gasteiger partial charge in [-0.2, -0.15) is 0 Å². The molecule has 0 saturated heterocycles. The Bertz CT molecular complexity index is 765. The fraction of sp³-hybridized carbons (Fsp3) is 0.783. The molecule has 8 atom stereocenters. The number of fused-ring (bicyclic) bond motifs is 5. The van der Waals surface area contributed by atoms with E-state index in [1.54, 1.807) is 0 Å². The Morgan fingerprint density at radius 1 is 1.21 bits per heavy atom. The van der Waals surface area contributed by atoms with Gasteiger partial charge in [0.05, 0.1) is 0 Å². The highest BCUT2D eigenvalue weighted by molar-refractivity contribution is 5.66. The molecule has 0 aliphatic heterocycles. The van der Waals surface area contributed by atoms with Crippen LogP contribution >= 0.6 is 0 Å². The van der Waals surface area contributed by atoms with E-state index in [9.17, 15) is 20.1 Å². The first-order valence-corrected chi connectivity index (χ1v) is 10.6. The number of ether oxygens (including phenoxy) is 1. The van der Waals surface area contributed by atoms with Gasteiger partial charge in [-0.15, -0.1) is 6.42 Å². The first-order valence-electron chi connectivity index (χ1n) is 10.6. The summed E-state index contributed by atoms with van der Waals surface area (Å²) in [5.74, 6) is 3.28. The van der Waals surface area contributed by atoms with Gasteiger partial charge in [0.15, 0.2) is 5.60 Å². The Morgan fingerprint density at radius 3 is 2.57 bits per heavy atom. The first kappa shape index (κ1) is 19.8. The van der Waals surface area contributed by atoms with Gasteiger partial charge in [0.25, 0.3) is 0 Å². The quantitative estimate of drug-likeness (QED) is 0.475. The fourth-order valence-electron chi connectivity index (χ4n) is 7.42. The molecule has 4 aliphatic carbocycles. The predicted octanol–water partition coefficient (Wildman–Crippen LogP) is 3.10. The molecule has 28 heavy (non-hydrogen) atoms. The largest absolute Gasteiger partial charge is 0.510 e. The number of aliphatic hydroxyl groups is 3. The van der Waals surface area contributed by atoms with Gasteiger partial charge >= 0.3 is 5.97 Å². The lowest BCUT2D eigenvalue weighted by atomic mass is 9.46. The van der Waals surface area contributed by atoms with Crippen LogP contribution in [0.5, 0.6) is 0 Å². The number of carbonyl (C=O) groups excluding carboxylic acids is 1. The van der Waals surface area contributed by atoms with E-state index in [2.05, 4.69) is 19.8 Å². The second-order valence-corrected chi connectivity index (χ2v) is 9.95. The molecule has 3 saturated carbocycles. The van der Waals surface area contributed by atoms with Crippen molar-refractivity contribution in [2.24, 2.45) is 28.6 Å². The van der Waals surface area contributed by atoms with Crippen molar-refractivity contribution in [2.45, 2.75) is 83.5 Å². The predicted molar refractivity (Wildman–Crippen MR) is 104 cm³/mol. The van der Waals surface area contributed by atoms with Gasteiger partial charge in [0.1, 0.15) is 18.0 Å². The zero-order chi connectivity index (χ0) is 20.5. The molecule has 0 unspecified atom stereocenters. The second-order valence-electron chi connectivity index (χ2n) is 9.95. The number of hydrogen-bond acceptors (Lipinski definition) is 5. The third-order valence-corrected chi connectivity index (χ3v) is 8.96. The SMILES string of the molecule is C#C[C@@]1(O)[C@H](OC(C)=O)C[C@H]2[C@@H]3CCC4=C(O)[C@@H](O)CC[C@]4(C)[C@H]3CC[C@@]21C. The van der Waals surface area contributed by atoms with E-state index < -0.39 is 29.2 Å². The minimum Gasteiger partial charge on any atom is -0.510 e. The first-order chi connectivity index (χ1) is 13.1. The Kier molecular flexibility index (Phi) is 4.41. The van der Waals surface area contributed by atoms with Crippen molar-refractivity contribution in [3.8, 4) is 12.3 Å². The van der Waals surface area contributed by atoms with Crippen LogP contribution in [0, 0.1) is 40.9 Å². The summed E-state index contributed by atoms with van der Waals surface area (Å²) in [6, 6.07) is 0.